The number of rotatable bonds is 17. The molecule has 4 aromatic carbocycles. The van der Waals surface area contributed by atoms with E-state index in [0.29, 0.717) is 6.61 Å². The maximum Gasteiger partial charge on any atom is 0.187 e. The molecule has 0 bridgehead atoms. The monoisotopic (exact) mass is 716 g/mol. The van der Waals surface area contributed by atoms with Crippen molar-refractivity contribution in [1.29, 1.82) is 0 Å². The van der Waals surface area contributed by atoms with Crippen LogP contribution in [0.25, 0.3) is 0 Å². The molecule has 6 rings (SSSR count). The van der Waals surface area contributed by atoms with Gasteiger partial charge in [-0.25, -0.2) is 0 Å². The number of aliphatic hydroxyl groups excluding tert-OH is 3. The molecular weight excluding hydrogens is 668 g/mol. The van der Waals surface area contributed by atoms with Gasteiger partial charge in [-0.15, -0.1) is 0 Å². The lowest BCUT2D eigenvalue weighted by atomic mass is 9.97. The molecule has 2 saturated heterocycles. The van der Waals surface area contributed by atoms with E-state index in [2.05, 4.69) is 0 Å². The van der Waals surface area contributed by atoms with Crippen LogP contribution in [-0.2, 0) is 64.3 Å². The van der Waals surface area contributed by atoms with Crippen LogP contribution >= 0.6 is 0 Å². The zero-order chi connectivity index (χ0) is 36.1. The van der Waals surface area contributed by atoms with Gasteiger partial charge in [0, 0.05) is 7.11 Å². The summed E-state index contributed by atoms with van der Waals surface area (Å²) in [6, 6.07) is 39.3. The fourth-order valence-electron chi connectivity index (χ4n) is 6.32. The van der Waals surface area contributed by atoms with E-state index in [1.807, 2.05) is 121 Å². The van der Waals surface area contributed by atoms with Crippen molar-refractivity contribution >= 4 is 0 Å². The Balaban J connectivity index is 1.30. The van der Waals surface area contributed by atoms with E-state index in [1.165, 1.54) is 7.11 Å². The van der Waals surface area contributed by atoms with E-state index in [-0.39, 0.29) is 33.0 Å². The van der Waals surface area contributed by atoms with Crippen LogP contribution in [0, 0.1) is 0 Å². The largest absolute Gasteiger partial charge is 0.387 e. The highest BCUT2D eigenvalue weighted by Gasteiger charge is 2.50. The Morgan fingerprint density at radius 1 is 0.442 bits per heavy atom. The molecule has 11 nitrogen and oxygen atoms in total. The van der Waals surface area contributed by atoms with Gasteiger partial charge >= 0.3 is 0 Å². The van der Waals surface area contributed by atoms with E-state index >= 15 is 0 Å². The van der Waals surface area contributed by atoms with E-state index in [0.717, 1.165) is 22.3 Å². The molecule has 0 amide bonds. The molecule has 4 aromatic rings. The van der Waals surface area contributed by atoms with Gasteiger partial charge in [-0.3, -0.25) is 0 Å². The second-order valence-electron chi connectivity index (χ2n) is 12.9. The van der Waals surface area contributed by atoms with Gasteiger partial charge in [0.25, 0.3) is 0 Å². The first kappa shape index (κ1) is 38.2. The second kappa shape index (κ2) is 19.5. The van der Waals surface area contributed by atoms with Crippen molar-refractivity contribution in [3.8, 4) is 0 Å². The molecule has 0 unspecified atom stereocenters. The quantitative estimate of drug-likeness (QED) is 0.146. The normalized spacial score (nSPS) is 29.2. The Hall–Kier alpha value is -3.56. The predicted molar refractivity (Wildman–Crippen MR) is 189 cm³/mol. The molecule has 278 valence electrons. The molecule has 2 aliphatic heterocycles. The van der Waals surface area contributed by atoms with Crippen LogP contribution in [0.5, 0.6) is 0 Å². The van der Waals surface area contributed by atoms with Crippen molar-refractivity contribution in [1.82, 2.24) is 0 Å². The first-order chi connectivity index (χ1) is 25.5. The Morgan fingerprint density at radius 2 is 0.885 bits per heavy atom. The molecule has 2 heterocycles. The zero-order valence-corrected chi connectivity index (χ0v) is 29.2. The van der Waals surface area contributed by atoms with Crippen LogP contribution < -0.4 is 0 Å². The smallest absolute Gasteiger partial charge is 0.187 e. The summed E-state index contributed by atoms with van der Waals surface area (Å²) in [5.41, 5.74) is 3.88. The lowest BCUT2D eigenvalue weighted by Crippen LogP contribution is -2.63. The second-order valence-corrected chi connectivity index (χ2v) is 12.9. The van der Waals surface area contributed by atoms with Crippen LogP contribution in [0.1, 0.15) is 22.3 Å². The minimum atomic E-state index is -1.51. The Kier molecular flexibility index (Phi) is 14.3. The van der Waals surface area contributed by atoms with Gasteiger partial charge in [-0.1, -0.05) is 121 Å². The fraction of sp³-hybridized carbons (Fsp3) is 0.415. The van der Waals surface area contributed by atoms with Crippen molar-refractivity contribution in [2.45, 2.75) is 87.8 Å². The summed E-state index contributed by atoms with van der Waals surface area (Å²) in [7, 11) is 1.35. The lowest BCUT2D eigenvalue weighted by molar-refractivity contribution is -0.343. The van der Waals surface area contributed by atoms with Gasteiger partial charge in [-0.2, -0.15) is 0 Å². The molecule has 0 spiro atoms. The van der Waals surface area contributed by atoms with Crippen LogP contribution in [0.4, 0.5) is 0 Å². The minimum Gasteiger partial charge on any atom is -0.387 e. The third-order valence-electron chi connectivity index (χ3n) is 9.17. The van der Waals surface area contributed by atoms with Gasteiger partial charge in [-0.05, 0) is 22.3 Å². The summed E-state index contributed by atoms with van der Waals surface area (Å²) >= 11 is 0. The van der Waals surface area contributed by atoms with Gasteiger partial charge in [0.1, 0.15) is 48.8 Å². The molecule has 0 aliphatic carbocycles. The Labute approximate surface area is 304 Å². The number of benzene rings is 4. The summed E-state index contributed by atoms with van der Waals surface area (Å²) in [5, 5.41) is 31.7. The molecule has 0 saturated carbocycles. The maximum absolute atomic E-state index is 10.8. The Bertz CT molecular complexity index is 1560. The van der Waals surface area contributed by atoms with Crippen molar-refractivity contribution in [2.24, 2.45) is 0 Å². The molecule has 3 N–H and O–H groups in total. The molecule has 52 heavy (non-hydrogen) atoms. The van der Waals surface area contributed by atoms with Crippen LogP contribution in [0.2, 0.25) is 0 Å². The molecule has 0 aromatic heterocycles. The third kappa shape index (κ3) is 10.3. The highest BCUT2D eigenvalue weighted by Crippen LogP contribution is 2.32. The zero-order valence-electron chi connectivity index (χ0n) is 29.2. The summed E-state index contributed by atoms with van der Waals surface area (Å²) in [6.07, 6.45) is -10.5. The molecule has 2 aliphatic rings. The fourth-order valence-corrected chi connectivity index (χ4v) is 6.32. The van der Waals surface area contributed by atoms with Gasteiger partial charge in [0.15, 0.2) is 12.6 Å². The van der Waals surface area contributed by atoms with Gasteiger partial charge in [0.05, 0.1) is 39.6 Å². The number of methoxy groups -OCH3 is 1. The van der Waals surface area contributed by atoms with Gasteiger partial charge < -0.3 is 53.2 Å². The molecule has 11 heteroatoms. The van der Waals surface area contributed by atoms with Crippen LogP contribution in [0.3, 0.4) is 0 Å². The summed E-state index contributed by atoms with van der Waals surface area (Å²) in [6.45, 7) is 1.04. The van der Waals surface area contributed by atoms with E-state index in [4.69, 9.17) is 37.9 Å². The van der Waals surface area contributed by atoms with Crippen molar-refractivity contribution < 1.29 is 53.2 Å². The predicted octanol–water partition coefficient (Wildman–Crippen LogP) is 4.15. The van der Waals surface area contributed by atoms with Crippen molar-refractivity contribution in [2.75, 3.05) is 20.3 Å². The summed E-state index contributed by atoms with van der Waals surface area (Å²) in [5.74, 6) is 0. The standard InChI is InChI=1S/C41H48O11/c1-45-40-36(44)35(43)34(42)32(51-40)27-50-41-39(49-25-31-20-12-5-13-21-31)38(48-24-30-18-10-4-11-19-30)37(47-23-29-16-8-3-9-17-29)33(52-41)26-46-22-28-14-6-2-7-15-28/h2-21,32-44H,22-27H2,1H3/t32-,33-,34-,35+,36-,37-,38+,39-,40+,41+/m1/s1. The SMILES string of the molecule is CO[C@H]1O[C@H](CO[C@H]2O[C@H](COCc3ccccc3)[C@@H](OCc3ccccc3)[C@H](OCc3ccccc3)[C@H]2OCc2ccccc2)[C@@H](O)[C@H](O)[C@H]1O. The van der Waals surface area contributed by atoms with Crippen molar-refractivity contribution in [3.63, 3.8) is 0 Å². The number of ether oxygens (including phenoxy) is 8. The number of hydrogen-bond acceptors (Lipinski definition) is 11. The molecular formula is C41H48O11. The minimum absolute atomic E-state index is 0.143. The molecule has 0 radical (unpaired) electrons. The highest BCUT2D eigenvalue weighted by molar-refractivity contribution is 5.16. The first-order valence-corrected chi connectivity index (χ1v) is 17.6. The molecule has 2 fully saturated rings. The maximum atomic E-state index is 10.8. The van der Waals surface area contributed by atoms with E-state index in [9.17, 15) is 15.3 Å². The van der Waals surface area contributed by atoms with Crippen LogP contribution in [-0.4, -0.2) is 97.1 Å². The summed E-state index contributed by atoms with van der Waals surface area (Å²) in [4.78, 5) is 0. The average Bonchev–Trinajstić information content (AvgIpc) is 3.19. The first-order valence-electron chi connectivity index (χ1n) is 17.6. The number of hydrogen-bond donors (Lipinski definition) is 3. The van der Waals surface area contributed by atoms with Crippen molar-refractivity contribution in [3.05, 3.63) is 144 Å². The van der Waals surface area contributed by atoms with E-state index < -0.39 is 61.4 Å². The lowest BCUT2D eigenvalue weighted by Gasteiger charge is -2.46. The number of aliphatic hydroxyl groups is 3. The van der Waals surface area contributed by atoms with Crippen LogP contribution in [0.15, 0.2) is 121 Å². The Morgan fingerprint density at radius 3 is 1.38 bits per heavy atom. The van der Waals surface area contributed by atoms with Gasteiger partial charge in [0.2, 0.25) is 0 Å². The third-order valence-corrected chi connectivity index (χ3v) is 9.17. The summed E-state index contributed by atoms with van der Waals surface area (Å²) < 4.78 is 50.3. The highest BCUT2D eigenvalue weighted by atomic mass is 16.7. The average molecular weight is 717 g/mol. The topological polar surface area (TPSA) is 135 Å². The van der Waals surface area contributed by atoms with E-state index in [1.54, 1.807) is 0 Å². The molecule has 10 atom stereocenters.